The number of nitrogens with zero attached hydrogens (tertiary/aromatic N) is 2. The fourth-order valence-electron chi connectivity index (χ4n) is 4.01. The highest BCUT2D eigenvalue weighted by Crippen LogP contribution is 2.39. The van der Waals surface area contributed by atoms with Crippen LogP contribution < -0.4 is 27.2 Å². The van der Waals surface area contributed by atoms with Crippen LogP contribution >= 0.6 is 0 Å². The number of hydrogen-bond donors (Lipinski definition) is 4. The van der Waals surface area contributed by atoms with Crippen LogP contribution in [-0.4, -0.2) is 32.5 Å². The SMILES string of the molecule is CC(C)Cn1c(=O)[nH]c(=O)c2c(C(=O)NCc3ccc(NC(=O)NC(C)C)cc3)cc(C3CC3)nc21. The van der Waals surface area contributed by atoms with E-state index in [1.54, 1.807) is 30.3 Å². The van der Waals surface area contributed by atoms with Gasteiger partial charge in [-0.05, 0) is 56.4 Å². The Kier molecular flexibility index (Phi) is 7.23. The zero-order chi connectivity index (χ0) is 26.0. The second kappa shape index (κ2) is 10.3. The molecule has 0 unspecified atom stereocenters. The van der Waals surface area contributed by atoms with Crippen molar-refractivity contribution >= 4 is 28.7 Å². The third-order valence-corrected chi connectivity index (χ3v) is 5.84. The Balaban J connectivity index is 1.59. The number of benzene rings is 1. The highest BCUT2D eigenvalue weighted by molar-refractivity contribution is 6.05. The minimum Gasteiger partial charge on any atom is -0.348 e. The lowest BCUT2D eigenvalue weighted by Crippen LogP contribution is -2.34. The van der Waals surface area contributed by atoms with Crippen LogP contribution in [-0.2, 0) is 13.1 Å². The van der Waals surface area contributed by atoms with Crippen molar-refractivity contribution in [1.82, 2.24) is 25.2 Å². The molecule has 0 aliphatic heterocycles. The standard InChI is InChI=1S/C26H32N6O4/c1-14(2)13-32-22-21(24(34)31-26(32)36)19(11-20(30-22)17-7-8-17)23(33)27-12-16-5-9-18(10-6-16)29-25(35)28-15(3)4/h5-6,9-11,14-15,17H,7-8,12-13H2,1-4H3,(H,27,33)(H2,28,29,35)(H,31,34,36). The van der Waals surface area contributed by atoms with E-state index in [4.69, 9.17) is 0 Å². The molecule has 0 saturated heterocycles. The quantitative estimate of drug-likeness (QED) is 0.383. The third kappa shape index (κ3) is 5.81. The fraction of sp³-hybridized carbons (Fsp3) is 0.423. The molecule has 1 saturated carbocycles. The molecule has 3 amide bonds. The second-order valence-corrected chi connectivity index (χ2v) is 9.96. The van der Waals surface area contributed by atoms with Crippen LogP contribution in [0.25, 0.3) is 11.0 Å². The molecule has 1 aliphatic rings. The van der Waals surface area contributed by atoms with Crippen LogP contribution in [0.1, 0.15) is 68.1 Å². The summed E-state index contributed by atoms with van der Waals surface area (Å²) in [7, 11) is 0. The Morgan fingerprint density at radius 2 is 1.81 bits per heavy atom. The van der Waals surface area contributed by atoms with E-state index < -0.39 is 17.2 Å². The smallest absolute Gasteiger partial charge is 0.330 e. The average molecular weight is 493 g/mol. The first kappa shape index (κ1) is 25.2. The monoisotopic (exact) mass is 492 g/mol. The minimum atomic E-state index is -0.620. The van der Waals surface area contributed by atoms with Gasteiger partial charge in [0.2, 0.25) is 0 Å². The number of urea groups is 1. The average Bonchev–Trinajstić information content (AvgIpc) is 3.65. The summed E-state index contributed by atoms with van der Waals surface area (Å²) >= 11 is 0. The molecular formula is C26H32N6O4. The predicted molar refractivity (Wildman–Crippen MR) is 138 cm³/mol. The summed E-state index contributed by atoms with van der Waals surface area (Å²) in [6.45, 7) is 8.30. The highest BCUT2D eigenvalue weighted by Gasteiger charge is 2.28. The van der Waals surface area contributed by atoms with E-state index in [0.717, 1.165) is 24.1 Å². The molecule has 36 heavy (non-hydrogen) atoms. The van der Waals surface area contributed by atoms with Crippen LogP contribution in [0.3, 0.4) is 0 Å². The van der Waals surface area contributed by atoms with E-state index in [2.05, 4.69) is 25.9 Å². The van der Waals surface area contributed by atoms with Crippen molar-refractivity contribution in [3.8, 4) is 0 Å². The van der Waals surface area contributed by atoms with E-state index in [1.165, 1.54) is 4.57 Å². The van der Waals surface area contributed by atoms with Gasteiger partial charge >= 0.3 is 11.7 Å². The molecule has 0 spiro atoms. The van der Waals surface area contributed by atoms with Gasteiger partial charge in [0.25, 0.3) is 11.5 Å². The number of fused-ring (bicyclic) bond motifs is 1. The van der Waals surface area contributed by atoms with Crippen LogP contribution in [0.4, 0.5) is 10.5 Å². The summed E-state index contributed by atoms with van der Waals surface area (Å²) in [5.41, 5.74) is 1.50. The maximum atomic E-state index is 13.3. The highest BCUT2D eigenvalue weighted by atomic mass is 16.2. The van der Waals surface area contributed by atoms with E-state index in [9.17, 15) is 19.2 Å². The molecule has 0 bridgehead atoms. The summed E-state index contributed by atoms with van der Waals surface area (Å²) < 4.78 is 1.45. The molecule has 10 heteroatoms. The molecule has 0 atom stereocenters. The summed E-state index contributed by atoms with van der Waals surface area (Å²) in [6, 6.07) is 8.53. The lowest BCUT2D eigenvalue weighted by atomic mass is 10.1. The molecule has 3 aromatic rings. The lowest BCUT2D eigenvalue weighted by Gasteiger charge is -2.15. The van der Waals surface area contributed by atoms with E-state index in [1.807, 2.05) is 27.7 Å². The lowest BCUT2D eigenvalue weighted by molar-refractivity contribution is 0.0952. The van der Waals surface area contributed by atoms with Gasteiger partial charge in [-0.15, -0.1) is 0 Å². The number of amides is 3. The number of hydrogen-bond acceptors (Lipinski definition) is 5. The molecule has 2 aromatic heterocycles. The first-order chi connectivity index (χ1) is 17.1. The molecule has 4 N–H and O–H groups in total. The number of anilines is 1. The van der Waals surface area contributed by atoms with Gasteiger partial charge < -0.3 is 16.0 Å². The van der Waals surface area contributed by atoms with Crippen molar-refractivity contribution < 1.29 is 9.59 Å². The topological polar surface area (TPSA) is 138 Å². The number of rotatable bonds is 8. The van der Waals surface area contributed by atoms with Crippen LogP contribution in [0.15, 0.2) is 39.9 Å². The molecule has 1 fully saturated rings. The zero-order valence-corrected chi connectivity index (χ0v) is 21.0. The number of carbonyl (C=O) groups is 2. The predicted octanol–water partition coefficient (Wildman–Crippen LogP) is 3.08. The Hall–Kier alpha value is -3.95. The van der Waals surface area contributed by atoms with Crippen molar-refractivity contribution in [1.29, 1.82) is 0 Å². The first-order valence-corrected chi connectivity index (χ1v) is 12.2. The van der Waals surface area contributed by atoms with Crippen molar-refractivity contribution in [2.24, 2.45) is 5.92 Å². The zero-order valence-electron chi connectivity index (χ0n) is 21.0. The maximum absolute atomic E-state index is 13.3. The number of nitrogens with one attached hydrogen (secondary N) is 4. The number of aromatic amines is 1. The molecular weight excluding hydrogens is 460 g/mol. The molecule has 1 aromatic carbocycles. The summed E-state index contributed by atoms with van der Waals surface area (Å²) in [5, 5.41) is 8.50. The van der Waals surface area contributed by atoms with Crippen molar-refractivity contribution in [3.63, 3.8) is 0 Å². The van der Waals surface area contributed by atoms with Gasteiger partial charge in [-0.25, -0.2) is 14.6 Å². The Labute approximate surface area is 208 Å². The molecule has 0 radical (unpaired) electrons. The normalized spacial score (nSPS) is 13.3. The maximum Gasteiger partial charge on any atom is 0.330 e. The van der Waals surface area contributed by atoms with Crippen LogP contribution in [0, 0.1) is 5.92 Å². The van der Waals surface area contributed by atoms with Gasteiger partial charge in [-0.3, -0.25) is 19.1 Å². The summed E-state index contributed by atoms with van der Waals surface area (Å²) in [6.07, 6.45) is 1.93. The van der Waals surface area contributed by atoms with Crippen LogP contribution in [0.2, 0.25) is 0 Å². The van der Waals surface area contributed by atoms with Crippen molar-refractivity contribution in [2.45, 2.75) is 65.6 Å². The molecule has 190 valence electrons. The fourth-order valence-corrected chi connectivity index (χ4v) is 4.01. The summed E-state index contributed by atoms with van der Waals surface area (Å²) in [4.78, 5) is 57.5. The molecule has 4 rings (SSSR count). The Bertz CT molecular complexity index is 1400. The van der Waals surface area contributed by atoms with Gasteiger partial charge in [0.15, 0.2) is 5.65 Å². The molecule has 2 heterocycles. The largest absolute Gasteiger partial charge is 0.348 e. The van der Waals surface area contributed by atoms with Crippen molar-refractivity contribution in [2.75, 3.05) is 5.32 Å². The van der Waals surface area contributed by atoms with Gasteiger partial charge in [0, 0.05) is 36.4 Å². The van der Waals surface area contributed by atoms with E-state index >= 15 is 0 Å². The van der Waals surface area contributed by atoms with Gasteiger partial charge in [0.05, 0.1) is 10.9 Å². The van der Waals surface area contributed by atoms with E-state index in [-0.39, 0.29) is 47.1 Å². The Morgan fingerprint density at radius 3 is 2.42 bits per heavy atom. The first-order valence-electron chi connectivity index (χ1n) is 12.2. The third-order valence-electron chi connectivity index (χ3n) is 5.84. The second-order valence-electron chi connectivity index (χ2n) is 9.96. The van der Waals surface area contributed by atoms with Gasteiger partial charge in [0.1, 0.15) is 0 Å². The van der Waals surface area contributed by atoms with Crippen molar-refractivity contribution in [3.05, 3.63) is 68.0 Å². The van der Waals surface area contributed by atoms with Gasteiger partial charge in [-0.1, -0.05) is 26.0 Å². The van der Waals surface area contributed by atoms with E-state index in [0.29, 0.717) is 12.2 Å². The number of aromatic nitrogens is 3. The van der Waals surface area contributed by atoms with Gasteiger partial charge in [-0.2, -0.15) is 0 Å². The Morgan fingerprint density at radius 1 is 1.11 bits per heavy atom. The minimum absolute atomic E-state index is 0.0245. The molecule has 10 nitrogen and oxygen atoms in total. The summed E-state index contributed by atoms with van der Waals surface area (Å²) in [5.74, 6) is -0.0341. The number of carbonyl (C=O) groups excluding carboxylic acids is 2. The van der Waals surface area contributed by atoms with Crippen LogP contribution in [0.5, 0.6) is 0 Å². The number of H-pyrrole nitrogens is 1. The number of pyridine rings is 1. The molecule has 1 aliphatic carbocycles.